The van der Waals surface area contributed by atoms with Crippen LogP contribution in [0, 0.1) is 12.8 Å². The number of nitrogens with zero attached hydrogens (tertiary/aromatic N) is 5. The average Bonchev–Trinajstić information content (AvgIpc) is 1.71. The number of benzene rings is 1. The topological polar surface area (TPSA) is 376 Å². The van der Waals surface area contributed by atoms with Crippen molar-refractivity contribution in [2.45, 2.75) is 161 Å². The van der Waals surface area contributed by atoms with E-state index in [0.29, 0.717) is 44.7 Å². The highest BCUT2D eigenvalue weighted by Crippen LogP contribution is 2.32. The van der Waals surface area contributed by atoms with Crippen LogP contribution in [0.4, 0.5) is 17.2 Å². The number of fused-ring (bicyclic) bond motifs is 1. The van der Waals surface area contributed by atoms with Crippen molar-refractivity contribution in [3.63, 3.8) is 0 Å². The van der Waals surface area contributed by atoms with E-state index in [-0.39, 0.29) is 140 Å². The number of ether oxygens (including phenoxy) is 4. The van der Waals surface area contributed by atoms with Crippen LogP contribution in [0.1, 0.15) is 145 Å². The number of aryl methyl sites for hydroxylation is 1. The Labute approximate surface area is 539 Å². The van der Waals surface area contributed by atoms with Gasteiger partial charge in [-0.15, -0.1) is 0 Å². The van der Waals surface area contributed by atoms with E-state index >= 15 is 0 Å². The molecule has 0 saturated carbocycles. The van der Waals surface area contributed by atoms with E-state index < -0.39 is 53.7 Å². The molecule has 0 bridgehead atoms. The second-order valence-electron chi connectivity index (χ2n) is 22.5. The van der Waals surface area contributed by atoms with Crippen LogP contribution in [0.25, 0.3) is 10.9 Å². The van der Waals surface area contributed by atoms with E-state index in [2.05, 4.69) is 62.9 Å². The molecule has 4 heterocycles. The highest BCUT2D eigenvalue weighted by Gasteiger charge is 2.45. The molecule has 500 valence electrons. The Bertz CT molecular complexity index is 2970. The average molecular weight is 1340 g/mol. The summed E-state index contributed by atoms with van der Waals surface area (Å²) in [6.07, 6.45) is 18.7. The molecule has 10 N–H and O–H groups in total. The second kappa shape index (κ2) is 41.7. The van der Waals surface area contributed by atoms with Crippen LogP contribution in [-0.4, -0.2) is 179 Å². The predicted octanol–water partition coefficient (Wildman–Crippen LogP) is 6.07. The molecule has 0 radical (unpaired) electrons. The van der Waals surface area contributed by atoms with Gasteiger partial charge in [-0.3, -0.25) is 48.0 Å². The molecular weight excluding hydrogens is 1240 g/mol. The second-order valence-corrected chi connectivity index (χ2v) is 23.3. The Morgan fingerprint density at radius 3 is 1.88 bits per heavy atom. The molecule has 0 aliphatic carbocycles. The maximum Gasteiger partial charge on any atom is 0.326 e. The fourth-order valence-electron chi connectivity index (χ4n) is 10.4. The minimum Gasteiger partial charge on any atom is -0.481 e. The highest BCUT2D eigenvalue weighted by molar-refractivity contribution is 9.10. The van der Waals surface area contributed by atoms with E-state index in [0.717, 1.165) is 51.4 Å². The van der Waals surface area contributed by atoms with Crippen molar-refractivity contribution in [3.8, 4) is 0 Å². The number of pyridine rings is 2. The van der Waals surface area contributed by atoms with Gasteiger partial charge < -0.3 is 71.7 Å². The summed E-state index contributed by atoms with van der Waals surface area (Å²) in [6, 6.07) is 9.68. The van der Waals surface area contributed by atoms with E-state index in [1.54, 1.807) is 62.6 Å². The number of aromatic nitrogens is 4. The first-order valence-electron chi connectivity index (χ1n) is 31.5. The monoisotopic (exact) mass is 1330 g/mol. The van der Waals surface area contributed by atoms with Crippen LogP contribution >= 0.6 is 15.9 Å². The Morgan fingerprint density at radius 2 is 1.29 bits per heavy atom. The van der Waals surface area contributed by atoms with Gasteiger partial charge in [0, 0.05) is 62.2 Å². The summed E-state index contributed by atoms with van der Waals surface area (Å²) in [7, 11) is 0. The van der Waals surface area contributed by atoms with E-state index in [1.807, 2.05) is 6.07 Å². The molecule has 1 fully saturated rings. The van der Waals surface area contributed by atoms with Gasteiger partial charge in [0.2, 0.25) is 35.4 Å². The number of halogens is 1. The zero-order valence-corrected chi connectivity index (χ0v) is 53.9. The number of hydrogen-bond donors (Lipinski definition) is 9. The van der Waals surface area contributed by atoms with Crippen molar-refractivity contribution >= 4 is 97.3 Å². The van der Waals surface area contributed by atoms with Crippen molar-refractivity contribution in [3.05, 3.63) is 70.7 Å². The number of amides is 7. The van der Waals surface area contributed by atoms with Crippen molar-refractivity contribution in [1.29, 1.82) is 0 Å². The Balaban J connectivity index is 0.878. The van der Waals surface area contributed by atoms with Crippen LogP contribution in [-0.2, 0) is 63.8 Å². The number of unbranched alkanes of at least 4 members (excludes halogenated alkanes) is 13. The van der Waals surface area contributed by atoms with Crippen molar-refractivity contribution in [2.24, 2.45) is 11.7 Å². The van der Waals surface area contributed by atoms with Gasteiger partial charge in [0.05, 0.1) is 57.0 Å². The number of carbonyl (C=O) groups excluding carboxylic acids is 7. The van der Waals surface area contributed by atoms with Gasteiger partial charge in [0.15, 0.2) is 5.69 Å². The molecule has 0 unspecified atom stereocenters. The minimum atomic E-state index is -1.20. The number of aliphatic carboxylic acids is 2. The first kappa shape index (κ1) is 74.1. The van der Waals surface area contributed by atoms with Crippen LogP contribution in [0.2, 0.25) is 0 Å². The molecule has 4 aromatic rings. The lowest BCUT2D eigenvalue weighted by Gasteiger charge is -2.29. The summed E-state index contributed by atoms with van der Waals surface area (Å²) in [5.41, 5.74) is 8.25. The number of nitrogens with two attached hydrogens (primary N) is 1. The first-order valence-corrected chi connectivity index (χ1v) is 32.3. The quantitative estimate of drug-likeness (QED) is 0.0179. The largest absolute Gasteiger partial charge is 0.481 e. The number of hydrogen-bond acceptors (Lipinski definition) is 17. The van der Waals surface area contributed by atoms with Crippen LogP contribution in [0.3, 0.4) is 0 Å². The number of carbonyl (C=O) groups is 9. The van der Waals surface area contributed by atoms with E-state index in [4.69, 9.17) is 29.8 Å². The van der Waals surface area contributed by atoms with Gasteiger partial charge in [0.1, 0.15) is 42.3 Å². The Hall–Kier alpha value is -7.66. The molecule has 1 aromatic carbocycles. The van der Waals surface area contributed by atoms with Crippen molar-refractivity contribution in [1.82, 2.24) is 45.9 Å². The van der Waals surface area contributed by atoms with E-state index in [9.17, 15) is 48.3 Å². The summed E-state index contributed by atoms with van der Waals surface area (Å²) in [5, 5.41) is 40.0. The third-order valence-corrected chi connectivity index (χ3v) is 15.8. The summed E-state index contributed by atoms with van der Waals surface area (Å²) in [4.78, 5) is 123. The van der Waals surface area contributed by atoms with Crippen LogP contribution in [0.5, 0.6) is 0 Å². The van der Waals surface area contributed by atoms with Crippen LogP contribution in [0.15, 0.2) is 59.5 Å². The van der Waals surface area contributed by atoms with Gasteiger partial charge in [-0.05, 0) is 103 Å². The number of nitrogens with one attached hydrogen (secondary N) is 6. The molecule has 0 spiro atoms. The number of anilines is 3. The lowest BCUT2D eigenvalue weighted by atomic mass is 10.00. The van der Waals surface area contributed by atoms with Crippen molar-refractivity contribution in [2.75, 3.05) is 83.1 Å². The van der Waals surface area contributed by atoms with Gasteiger partial charge in [-0.25, -0.2) is 9.78 Å². The molecule has 4 atom stereocenters. The number of rotatable bonds is 47. The van der Waals surface area contributed by atoms with Gasteiger partial charge in [-0.1, -0.05) is 83.1 Å². The lowest BCUT2D eigenvalue weighted by molar-refractivity contribution is -0.142. The fraction of sp³-hybridized carbons (Fsp3) is 0.587. The zero-order chi connectivity index (χ0) is 65.8. The molecule has 3 aromatic heterocycles. The maximum atomic E-state index is 14.4. The molecule has 7 amide bonds. The zero-order valence-electron chi connectivity index (χ0n) is 52.3. The number of likely N-dealkylation sites (tertiary alicyclic amines) is 1. The number of primary amides is 1. The molecule has 27 nitrogen and oxygen atoms in total. The molecule has 1 aliphatic heterocycles. The third-order valence-electron chi connectivity index (χ3n) is 15.3. The van der Waals surface area contributed by atoms with E-state index in [1.165, 1.54) is 41.7 Å². The van der Waals surface area contributed by atoms with Gasteiger partial charge >= 0.3 is 11.9 Å². The first-order chi connectivity index (χ1) is 43.9. The van der Waals surface area contributed by atoms with Gasteiger partial charge in [-0.2, -0.15) is 5.10 Å². The predicted molar refractivity (Wildman–Crippen MR) is 342 cm³/mol. The molecule has 5 rings (SSSR count). The normalized spacial score (nSPS) is 14.8. The Morgan fingerprint density at radius 1 is 0.692 bits per heavy atom. The van der Waals surface area contributed by atoms with Crippen molar-refractivity contribution < 1.29 is 72.3 Å². The fourth-order valence-corrected chi connectivity index (χ4v) is 10.7. The molecule has 28 heteroatoms. The SMILES string of the molecule is Cc1ccc(Br)nc1NC(=O)[C@@H]1C[C@H](CNC(=O)COCCOCCNC(=O)COCCOCCNC(=O)CC[C@H](NC(=O)CCCCCCCCCCCCCCCCC(=O)O)C(=O)O)[C@@H](C)N1C(=O)Cn1nc(C(N)=O)c2cc(Nc3cccnc3)ccc21. The summed E-state index contributed by atoms with van der Waals surface area (Å²) < 4.78 is 23.7. The maximum absolute atomic E-state index is 14.4. The summed E-state index contributed by atoms with van der Waals surface area (Å²) in [5.74, 6) is -5.19. The summed E-state index contributed by atoms with van der Waals surface area (Å²) >= 11 is 3.35. The third kappa shape index (κ3) is 28.2. The van der Waals surface area contributed by atoms with Crippen LogP contribution < -0.4 is 37.6 Å². The molecular formula is C63H91BrN12O15. The standard InChI is InChI=1S/C63H91BrN12O15/c1-43-21-25-52(64)72-61(43)73-62(85)51-36-45(44(2)76(51)57(81)40-75-50-24-22-46(70-47-18-17-27-66-39-47)37-48(50)59(74-75)60(65)84)38-69-56(80)42-91-35-33-89-31-29-68-55(79)41-90-34-32-88-30-28-67-53(77)26-23-49(63(86)87)71-54(78)19-15-13-11-9-7-5-3-4-6-8-10-12-14-16-20-58(82)83/h17-18,21-22,24-25,27,37,39,44-45,49,51,70H,3-16,19-20,23,26,28-36,38,40-42H2,1-2H3,(H2,65,84)(H,67,77)(H,68,79)(H,69,80)(H,71,78)(H,82,83)(H,86,87)(H,72,73,85)/t44-,45-,49+,51+/m1/s1. The molecule has 1 aliphatic rings. The Kier molecular flexibility index (Phi) is 33.9. The minimum absolute atomic E-state index is 0.0338. The number of carboxylic acid groups (broad SMARTS) is 2. The molecule has 1 saturated heterocycles. The molecule has 91 heavy (non-hydrogen) atoms. The summed E-state index contributed by atoms with van der Waals surface area (Å²) in [6.45, 7) is 4.09. The number of carboxylic acids is 2. The highest BCUT2D eigenvalue weighted by atomic mass is 79.9. The lowest BCUT2D eigenvalue weighted by Crippen LogP contribution is -2.48. The smallest absolute Gasteiger partial charge is 0.326 e. The van der Waals surface area contributed by atoms with Gasteiger partial charge in [0.25, 0.3) is 5.91 Å².